The summed E-state index contributed by atoms with van der Waals surface area (Å²) in [4.78, 5) is 20.0. The Balaban J connectivity index is 2.17. The van der Waals surface area contributed by atoms with Crippen LogP contribution in [0, 0.1) is 0 Å². The summed E-state index contributed by atoms with van der Waals surface area (Å²) < 4.78 is 10.1. The topological polar surface area (TPSA) is 68.8 Å². The highest BCUT2D eigenvalue weighted by atomic mass is 32.1. The fourth-order valence-corrected chi connectivity index (χ4v) is 1.73. The Morgan fingerprint density at radius 1 is 1.50 bits per heavy atom. The molecule has 6 nitrogen and oxygen atoms in total. The third kappa shape index (κ3) is 2.37. The number of nitrogens with zero attached hydrogens (tertiary/aromatic N) is 4. The minimum absolute atomic E-state index is 0.0971. The summed E-state index contributed by atoms with van der Waals surface area (Å²) in [6, 6.07) is 1.74. The van der Waals surface area contributed by atoms with Crippen molar-refractivity contribution < 1.29 is 14.2 Å². The highest BCUT2D eigenvalue weighted by Crippen LogP contribution is 2.14. The van der Waals surface area contributed by atoms with Crippen LogP contribution in [0.2, 0.25) is 0 Å². The maximum Gasteiger partial charge on any atom is 0.374 e. The summed E-state index contributed by atoms with van der Waals surface area (Å²) in [7, 11) is 1.34. The van der Waals surface area contributed by atoms with Crippen LogP contribution in [0.1, 0.15) is 0 Å². The van der Waals surface area contributed by atoms with Gasteiger partial charge in [0.2, 0.25) is 6.20 Å². The zero-order valence-electron chi connectivity index (χ0n) is 8.53. The molecule has 0 aromatic carbocycles. The molecule has 0 saturated heterocycles. The first-order chi connectivity index (χ1) is 7.79. The predicted molar refractivity (Wildman–Crippen MR) is 55.4 cm³/mol. The molecule has 0 aliphatic carbocycles. The van der Waals surface area contributed by atoms with Crippen LogP contribution in [-0.4, -0.2) is 27.5 Å². The average molecular weight is 237 g/mol. The van der Waals surface area contributed by atoms with E-state index >= 15 is 0 Å². The van der Waals surface area contributed by atoms with Gasteiger partial charge in [-0.05, 0) is 6.07 Å². The van der Waals surface area contributed by atoms with Crippen molar-refractivity contribution in [3.8, 4) is 10.7 Å². The Bertz CT molecular complexity index is 485. The van der Waals surface area contributed by atoms with Gasteiger partial charge in [0, 0.05) is 23.9 Å². The maximum absolute atomic E-state index is 11.0. The fraction of sp³-hybridized carbons (Fsp3) is 0.222. The van der Waals surface area contributed by atoms with Gasteiger partial charge in [0.25, 0.3) is 6.54 Å². The molecule has 0 N–H and O–H groups in total. The molecule has 0 spiro atoms. The highest BCUT2D eigenvalue weighted by Gasteiger charge is 2.16. The van der Waals surface area contributed by atoms with Crippen molar-refractivity contribution in [2.75, 3.05) is 7.11 Å². The lowest BCUT2D eigenvalue weighted by atomic mass is 10.5. The van der Waals surface area contributed by atoms with E-state index < -0.39 is 0 Å². The van der Waals surface area contributed by atoms with E-state index in [0.29, 0.717) is 5.82 Å². The number of esters is 1. The predicted octanol–water partition coefficient (Wildman–Crippen LogP) is 0.0606. The van der Waals surface area contributed by atoms with Crippen LogP contribution in [0.5, 0.6) is 0 Å². The number of carbonyl (C=O) groups excluding carboxylic acids is 1. The number of carbonyl (C=O) groups is 1. The molecule has 0 amide bonds. The molecule has 0 radical (unpaired) electrons. The molecule has 2 aromatic heterocycles. The van der Waals surface area contributed by atoms with Gasteiger partial charge < -0.3 is 4.74 Å². The number of hydrogen-bond donors (Lipinski definition) is 0. The van der Waals surface area contributed by atoms with E-state index in [2.05, 4.69) is 19.2 Å². The summed E-state index contributed by atoms with van der Waals surface area (Å²) in [6.45, 7) is 0.0971. The second-order valence-electron chi connectivity index (χ2n) is 2.91. The Kier molecular flexibility index (Phi) is 3.16. The minimum atomic E-state index is -0.337. The van der Waals surface area contributed by atoms with Crippen LogP contribution in [0.25, 0.3) is 10.7 Å². The van der Waals surface area contributed by atoms with Gasteiger partial charge in [-0.1, -0.05) is 4.68 Å². The monoisotopic (exact) mass is 237 g/mol. The summed E-state index contributed by atoms with van der Waals surface area (Å²) in [6.07, 6.45) is 5.04. The molecular formula is C9H9N4O2S+. The van der Waals surface area contributed by atoms with Gasteiger partial charge in [-0.15, -0.1) is 0 Å². The number of rotatable bonds is 3. The molecule has 2 rings (SSSR count). The molecule has 0 atom stereocenters. The molecule has 82 valence electrons. The van der Waals surface area contributed by atoms with E-state index in [4.69, 9.17) is 0 Å². The summed E-state index contributed by atoms with van der Waals surface area (Å²) >= 11 is 1.24. The van der Waals surface area contributed by atoms with Crippen LogP contribution in [0.4, 0.5) is 0 Å². The van der Waals surface area contributed by atoms with Gasteiger partial charge in [-0.3, -0.25) is 0 Å². The molecular weight excluding hydrogens is 228 g/mol. The molecule has 16 heavy (non-hydrogen) atoms. The van der Waals surface area contributed by atoms with Crippen LogP contribution in [0.3, 0.4) is 0 Å². The number of ether oxygens (including phenoxy) is 1. The Morgan fingerprint density at radius 2 is 2.25 bits per heavy atom. The zero-order chi connectivity index (χ0) is 11.4. The molecule has 2 aromatic rings. The lowest BCUT2D eigenvalue weighted by Crippen LogP contribution is -2.39. The van der Waals surface area contributed by atoms with Crippen LogP contribution < -0.4 is 4.68 Å². The maximum atomic E-state index is 11.0. The summed E-state index contributed by atoms with van der Waals surface area (Å²) in [5, 5.41) is 0. The normalized spacial score (nSPS) is 10.1. The first-order valence-corrected chi connectivity index (χ1v) is 5.27. The molecule has 0 unspecified atom stereocenters. The quantitative estimate of drug-likeness (QED) is 0.557. The standard InChI is InChI=1S/C9H9N4O2S/c1-15-8(14)6-13-5-7(16-12-13)9-10-3-2-4-11-9/h2-5H,6H2,1H3/q+1. The molecule has 0 fully saturated rings. The van der Waals surface area contributed by atoms with Crippen molar-refractivity contribution in [2.45, 2.75) is 6.54 Å². The molecule has 0 aliphatic heterocycles. The SMILES string of the molecule is COC(=O)C[n+]1cc(-c2ncccn2)sn1. The van der Waals surface area contributed by atoms with E-state index in [9.17, 15) is 4.79 Å². The fourth-order valence-electron chi connectivity index (χ4n) is 1.08. The number of methoxy groups -OCH3 is 1. The lowest BCUT2D eigenvalue weighted by molar-refractivity contribution is -0.735. The van der Waals surface area contributed by atoms with Gasteiger partial charge in [-0.25, -0.2) is 14.8 Å². The third-order valence-electron chi connectivity index (χ3n) is 1.82. The van der Waals surface area contributed by atoms with Gasteiger partial charge in [0.05, 0.1) is 11.6 Å². The van der Waals surface area contributed by atoms with Crippen molar-refractivity contribution in [3.63, 3.8) is 0 Å². The van der Waals surface area contributed by atoms with Gasteiger partial charge in [-0.2, -0.15) is 0 Å². The van der Waals surface area contributed by atoms with Crippen molar-refractivity contribution in [1.29, 1.82) is 0 Å². The third-order valence-corrected chi connectivity index (χ3v) is 2.59. The van der Waals surface area contributed by atoms with E-state index in [-0.39, 0.29) is 12.5 Å². The molecule has 0 saturated carbocycles. The molecule has 0 aliphatic rings. The molecule has 2 heterocycles. The van der Waals surface area contributed by atoms with E-state index in [0.717, 1.165) is 4.88 Å². The first-order valence-electron chi connectivity index (χ1n) is 4.50. The van der Waals surface area contributed by atoms with Crippen molar-refractivity contribution in [2.24, 2.45) is 0 Å². The van der Waals surface area contributed by atoms with E-state index in [1.54, 1.807) is 24.7 Å². The molecule has 7 heteroatoms. The Morgan fingerprint density at radius 3 is 2.94 bits per heavy atom. The van der Waals surface area contributed by atoms with E-state index in [1.807, 2.05) is 0 Å². The van der Waals surface area contributed by atoms with Gasteiger partial charge in [0.15, 0.2) is 10.7 Å². The molecule has 0 bridgehead atoms. The smallest absolute Gasteiger partial charge is 0.374 e. The van der Waals surface area contributed by atoms with Gasteiger partial charge in [0.1, 0.15) is 0 Å². The first kappa shape index (κ1) is 10.6. The number of aromatic nitrogens is 4. The second-order valence-corrected chi connectivity index (χ2v) is 3.70. The Hall–Kier alpha value is -1.89. The number of hydrogen-bond acceptors (Lipinski definition) is 6. The minimum Gasteiger partial charge on any atom is -0.464 e. The van der Waals surface area contributed by atoms with Crippen LogP contribution in [0.15, 0.2) is 24.7 Å². The largest absolute Gasteiger partial charge is 0.464 e. The zero-order valence-corrected chi connectivity index (χ0v) is 9.35. The van der Waals surface area contributed by atoms with Crippen molar-refractivity contribution in [3.05, 3.63) is 24.7 Å². The van der Waals surface area contributed by atoms with Crippen LogP contribution >= 0.6 is 11.5 Å². The average Bonchev–Trinajstić information content (AvgIpc) is 2.78. The van der Waals surface area contributed by atoms with E-state index in [1.165, 1.54) is 23.3 Å². The van der Waals surface area contributed by atoms with Gasteiger partial charge >= 0.3 is 5.97 Å². The lowest BCUT2D eigenvalue weighted by Gasteiger charge is -1.89. The van der Waals surface area contributed by atoms with Crippen molar-refractivity contribution in [1.82, 2.24) is 14.5 Å². The summed E-state index contributed by atoms with van der Waals surface area (Å²) in [5.41, 5.74) is 0. The van der Waals surface area contributed by atoms with Crippen molar-refractivity contribution >= 4 is 17.5 Å². The second kappa shape index (κ2) is 4.75. The Labute approximate surface area is 95.7 Å². The highest BCUT2D eigenvalue weighted by molar-refractivity contribution is 7.08. The summed E-state index contributed by atoms with van der Waals surface area (Å²) in [5.74, 6) is 0.263. The van der Waals surface area contributed by atoms with Crippen LogP contribution in [-0.2, 0) is 16.1 Å².